The maximum Gasteiger partial charge on any atom is 0.262 e. The van der Waals surface area contributed by atoms with E-state index in [1.165, 1.54) is 17.3 Å². The number of furan rings is 1. The highest BCUT2D eigenvalue weighted by molar-refractivity contribution is 7.99. The molecule has 2 aromatic carbocycles. The topological polar surface area (TPSA) is 87.0 Å². The van der Waals surface area contributed by atoms with E-state index in [0.29, 0.717) is 40.1 Å². The Morgan fingerprint density at radius 3 is 2.64 bits per heavy atom. The summed E-state index contributed by atoms with van der Waals surface area (Å²) in [6.45, 7) is 2.53. The smallest absolute Gasteiger partial charge is 0.262 e. The Bertz CT molecular complexity index is 1410. The predicted octanol–water partition coefficient (Wildman–Crippen LogP) is 5.53. The lowest BCUT2D eigenvalue weighted by atomic mass is 10.1. The van der Waals surface area contributed by atoms with Crippen molar-refractivity contribution in [3.8, 4) is 11.6 Å². The van der Waals surface area contributed by atoms with E-state index in [9.17, 15) is 4.79 Å². The Balaban J connectivity index is 1.42. The predicted molar refractivity (Wildman–Crippen MR) is 127 cm³/mol. The Morgan fingerprint density at radius 2 is 1.82 bits per heavy atom. The highest BCUT2D eigenvalue weighted by atomic mass is 32.2. The van der Waals surface area contributed by atoms with Crippen molar-refractivity contribution in [3.63, 3.8) is 0 Å². The van der Waals surface area contributed by atoms with E-state index in [-0.39, 0.29) is 10.8 Å². The van der Waals surface area contributed by atoms with Crippen LogP contribution < -0.4 is 5.56 Å². The summed E-state index contributed by atoms with van der Waals surface area (Å²) in [7, 11) is 0. The average molecular weight is 459 g/mol. The molecule has 0 spiro atoms. The number of nitrogens with zero attached hydrogens (tertiary/aromatic N) is 4. The summed E-state index contributed by atoms with van der Waals surface area (Å²) >= 11 is 1.43. The molecule has 0 aliphatic rings. The van der Waals surface area contributed by atoms with Crippen LogP contribution in [0.15, 0.2) is 91.9 Å². The van der Waals surface area contributed by atoms with Gasteiger partial charge in [-0.15, -0.1) is 0 Å². The zero-order valence-electron chi connectivity index (χ0n) is 18.0. The number of rotatable bonds is 8. The lowest BCUT2D eigenvalue weighted by Gasteiger charge is -2.15. The van der Waals surface area contributed by atoms with Gasteiger partial charge in [0.25, 0.3) is 5.56 Å². The van der Waals surface area contributed by atoms with Crippen molar-refractivity contribution in [1.82, 2.24) is 19.7 Å². The second kappa shape index (κ2) is 9.46. The third kappa shape index (κ3) is 4.61. The fraction of sp³-hybridized carbons (Fsp3) is 0.200. The molecule has 0 aliphatic carbocycles. The van der Waals surface area contributed by atoms with E-state index in [1.54, 1.807) is 23.0 Å². The molecule has 3 aromatic heterocycles. The zero-order valence-corrected chi connectivity index (χ0v) is 18.9. The molecule has 0 radical (unpaired) electrons. The lowest BCUT2D eigenvalue weighted by molar-refractivity contribution is 0.379. The van der Waals surface area contributed by atoms with Gasteiger partial charge in [-0.25, -0.2) is 4.98 Å². The van der Waals surface area contributed by atoms with Crippen LogP contribution in [0.3, 0.4) is 0 Å². The van der Waals surface area contributed by atoms with Crippen LogP contribution in [0.5, 0.6) is 0 Å². The first-order valence-electron chi connectivity index (χ1n) is 10.8. The van der Waals surface area contributed by atoms with Crippen molar-refractivity contribution in [2.45, 2.75) is 36.7 Å². The van der Waals surface area contributed by atoms with E-state index in [0.717, 1.165) is 12.8 Å². The molecule has 33 heavy (non-hydrogen) atoms. The summed E-state index contributed by atoms with van der Waals surface area (Å²) in [6.07, 6.45) is 3.28. The summed E-state index contributed by atoms with van der Waals surface area (Å²) in [5.74, 6) is 1.39. The van der Waals surface area contributed by atoms with Crippen LogP contribution in [0, 0.1) is 0 Å². The van der Waals surface area contributed by atoms with Crippen molar-refractivity contribution in [2.75, 3.05) is 0 Å². The minimum Gasteiger partial charge on any atom is -0.461 e. The molecule has 0 N–H and O–H groups in total. The molecule has 5 aromatic rings. The minimum atomic E-state index is -0.199. The summed E-state index contributed by atoms with van der Waals surface area (Å²) in [4.78, 5) is 22.6. The lowest BCUT2D eigenvalue weighted by Crippen LogP contribution is -2.24. The van der Waals surface area contributed by atoms with Gasteiger partial charge in [-0.05, 0) is 49.6 Å². The average Bonchev–Trinajstić information content (AvgIpc) is 3.54. The van der Waals surface area contributed by atoms with Gasteiger partial charge >= 0.3 is 0 Å². The molecule has 0 saturated heterocycles. The Labute approximate surface area is 194 Å². The molecule has 0 fully saturated rings. The molecule has 8 heteroatoms. The maximum atomic E-state index is 13.3. The van der Waals surface area contributed by atoms with Crippen molar-refractivity contribution >= 4 is 22.7 Å². The second-order valence-corrected chi connectivity index (χ2v) is 8.96. The Hall–Kier alpha value is -3.65. The highest BCUT2D eigenvalue weighted by Crippen LogP contribution is 2.34. The van der Waals surface area contributed by atoms with E-state index in [1.807, 2.05) is 49.4 Å². The summed E-state index contributed by atoms with van der Waals surface area (Å²) in [5, 5.41) is 5.07. The summed E-state index contributed by atoms with van der Waals surface area (Å²) in [5.41, 5.74) is 1.89. The van der Waals surface area contributed by atoms with Gasteiger partial charge < -0.3 is 8.94 Å². The molecule has 5 rings (SSSR count). The van der Waals surface area contributed by atoms with Gasteiger partial charge in [0, 0.05) is 6.54 Å². The number of aryl methyl sites for hydroxylation is 1. The number of thioether (sulfide) groups is 1. The van der Waals surface area contributed by atoms with Gasteiger partial charge in [0.2, 0.25) is 11.7 Å². The van der Waals surface area contributed by atoms with Crippen molar-refractivity contribution in [3.05, 3.63) is 94.8 Å². The maximum absolute atomic E-state index is 13.3. The normalized spacial score (nSPS) is 12.3. The van der Waals surface area contributed by atoms with E-state index in [2.05, 4.69) is 22.3 Å². The quantitative estimate of drug-likeness (QED) is 0.223. The first-order chi connectivity index (χ1) is 16.2. The standard InChI is InChI=1S/C25H22N4O3S/c1-17(23-27-22(28-32-23)21-14-8-16-31-21)33-25-26-20-13-6-5-12-19(20)24(30)29(25)15-7-11-18-9-3-2-4-10-18/h2-6,8-10,12-14,16-17H,7,11,15H2,1H3. The first-order valence-corrected chi connectivity index (χ1v) is 11.6. The van der Waals surface area contributed by atoms with Crippen molar-refractivity contribution in [1.29, 1.82) is 0 Å². The molecular weight excluding hydrogens is 436 g/mol. The molecular formula is C25H22N4O3S. The monoisotopic (exact) mass is 458 g/mol. The van der Waals surface area contributed by atoms with Gasteiger partial charge in [0.1, 0.15) is 0 Å². The van der Waals surface area contributed by atoms with Gasteiger partial charge in [-0.3, -0.25) is 9.36 Å². The summed E-state index contributed by atoms with van der Waals surface area (Å²) in [6, 6.07) is 21.3. The van der Waals surface area contributed by atoms with Gasteiger partial charge in [0.15, 0.2) is 10.9 Å². The Morgan fingerprint density at radius 1 is 1.00 bits per heavy atom. The van der Waals surface area contributed by atoms with Crippen LogP contribution in [0.4, 0.5) is 0 Å². The molecule has 0 amide bonds. The molecule has 3 heterocycles. The fourth-order valence-corrected chi connectivity index (χ4v) is 4.60. The first kappa shape index (κ1) is 21.2. The second-order valence-electron chi connectivity index (χ2n) is 7.65. The minimum absolute atomic E-state index is 0.0369. The van der Waals surface area contributed by atoms with Crippen LogP contribution in [0.25, 0.3) is 22.5 Å². The molecule has 1 atom stereocenters. The number of hydrogen-bond donors (Lipinski definition) is 0. The van der Waals surface area contributed by atoms with Crippen LogP contribution in [0.1, 0.15) is 30.0 Å². The van der Waals surface area contributed by atoms with E-state index >= 15 is 0 Å². The van der Waals surface area contributed by atoms with Gasteiger partial charge in [-0.1, -0.05) is 59.4 Å². The van der Waals surface area contributed by atoms with Crippen LogP contribution in [-0.4, -0.2) is 19.7 Å². The third-order valence-electron chi connectivity index (χ3n) is 5.33. The zero-order chi connectivity index (χ0) is 22.6. The fourth-order valence-electron chi connectivity index (χ4n) is 3.64. The largest absolute Gasteiger partial charge is 0.461 e. The van der Waals surface area contributed by atoms with Gasteiger partial charge in [-0.2, -0.15) is 4.98 Å². The van der Waals surface area contributed by atoms with E-state index in [4.69, 9.17) is 13.9 Å². The number of aromatic nitrogens is 4. The highest BCUT2D eigenvalue weighted by Gasteiger charge is 2.21. The number of fused-ring (bicyclic) bond motifs is 1. The molecule has 166 valence electrons. The van der Waals surface area contributed by atoms with Crippen molar-refractivity contribution in [2.24, 2.45) is 0 Å². The molecule has 7 nitrogen and oxygen atoms in total. The van der Waals surface area contributed by atoms with Crippen LogP contribution >= 0.6 is 11.8 Å². The SMILES string of the molecule is CC(Sc1nc2ccccc2c(=O)n1CCCc1ccccc1)c1nc(-c2ccco2)no1. The number of para-hydroxylation sites is 1. The molecule has 0 bridgehead atoms. The number of hydrogen-bond acceptors (Lipinski definition) is 7. The molecule has 0 saturated carbocycles. The molecule has 1 unspecified atom stereocenters. The summed E-state index contributed by atoms with van der Waals surface area (Å²) < 4.78 is 12.6. The molecule has 0 aliphatic heterocycles. The third-order valence-corrected chi connectivity index (χ3v) is 6.41. The Kier molecular flexibility index (Phi) is 6.08. The van der Waals surface area contributed by atoms with Crippen molar-refractivity contribution < 1.29 is 8.94 Å². The van der Waals surface area contributed by atoms with Crippen LogP contribution in [0.2, 0.25) is 0 Å². The van der Waals surface area contributed by atoms with Crippen LogP contribution in [-0.2, 0) is 13.0 Å². The van der Waals surface area contributed by atoms with Gasteiger partial charge in [0.05, 0.1) is 22.4 Å². The number of benzene rings is 2. The van der Waals surface area contributed by atoms with E-state index < -0.39 is 0 Å².